The van der Waals surface area contributed by atoms with E-state index in [-0.39, 0.29) is 0 Å². The zero-order valence-corrected chi connectivity index (χ0v) is 11.5. The molecule has 2 rings (SSSR count). The van der Waals surface area contributed by atoms with Crippen LogP contribution in [0, 0.1) is 0 Å². The van der Waals surface area contributed by atoms with Crippen molar-refractivity contribution in [1.82, 2.24) is 19.9 Å². The van der Waals surface area contributed by atoms with Crippen LogP contribution in [0.15, 0.2) is 30.7 Å². The number of aryl methyl sites for hydroxylation is 1. The summed E-state index contributed by atoms with van der Waals surface area (Å²) in [4.78, 5) is 8.54. The van der Waals surface area contributed by atoms with E-state index in [0.29, 0.717) is 5.88 Å². The lowest BCUT2D eigenvalue weighted by Crippen LogP contribution is -2.17. The van der Waals surface area contributed by atoms with E-state index in [0.717, 1.165) is 37.4 Å². The van der Waals surface area contributed by atoms with Crippen LogP contribution in [0.3, 0.4) is 0 Å². The summed E-state index contributed by atoms with van der Waals surface area (Å²) in [6.45, 7) is 4.63. The molecule has 1 N–H and O–H groups in total. The highest BCUT2D eigenvalue weighted by molar-refractivity contribution is 5.24. The van der Waals surface area contributed by atoms with Gasteiger partial charge in [-0.1, -0.05) is 13.0 Å². The first-order chi connectivity index (χ1) is 9.35. The molecule has 0 saturated carbocycles. The monoisotopic (exact) mass is 260 g/mol. The van der Waals surface area contributed by atoms with Crippen LogP contribution in [0.5, 0.6) is 5.88 Å². The van der Waals surface area contributed by atoms with Crippen molar-refractivity contribution in [2.24, 2.45) is 0 Å². The van der Waals surface area contributed by atoms with Crippen LogP contribution in [-0.2, 0) is 19.6 Å². The molecule has 0 radical (unpaired) electrons. The van der Waals surface area contributed by atoms with Gasteiger partial charge in [0.2, 0.25) is 5.88 Å². The van der Waals surface area contributed by atoms with Crippen molar-refractivity contribution in [3.8, 4) is 5.88 Å². The summed E-state index contributed by atoms with van der Waals surface area (Å²) in [6.07, 6.45) is 6.71. The molecule has 2 heterocycles. The Kier molecular flexibility index (Phi) is 4.92. The Morgan fingerprint density at radius 2 is 2.16 bits per heavy atom. The highest BCUT2D eigenvalue weighted by atomic mass is 16.5. The average Bonchev–Trinajstić information content (AvgIpc) is 2.87. The maximum atomic E-state index is 5.22. The van der Waals surface area contributed by atoms with E-state index in [9.17, 15) is 0 Å². The van der Waals surface area contributed by atoms with E-state index in [4.69, 9.17) is 4.74 Å². The molecule has 0 bridgehead atoms. The molecule has 0 amide bonds. The number of hydrogen-bond donors (Lipinski definition) is 1. The molecular weight excluding hydrogens is 240 g/mol. The fourth-order valence-electron chi connectivity index (χ4n) is 2.00. The van der Waals surface area contributed by atoms with E-state index in [2.05, 4.69) is 26.8 Å². The Morgan fingerprint density at radius 3 is 2.95 bits per heavy atom. The second-order valence-corrected chi connectivity index (χ2v) is 4.31. The fraction of sp³-hybridized carbons (Fsp3) is 0.429. The first-order valence-electron chi connectivity index (χ1n) is 6.53. The summed E-state index contributed by atoms with van der Waals surface area (Å²) in [5.74, 6) is 1.73. The van der Waals surface area contributed by atoms with Crippen LogP contribution in [0.1, 0.15) is 24.7 Å². The zero-order chi connectivity index (χ0) is 13.5. The van der Waals surface area contributed by atoms with Gasteiger partial charge in [0.1, 0.15) is 5.82 Å². The Morgan fingerprint density at radius 1 is 1.26 bits per heavy atom. The lowest BCUT2D eigenvalue weighted by molar-refractivity contribution is 0.390. The number of nitrogens with one attached hydrogen (secondary N) is 1. The van der Waals surface area contributed by atoms with E-state index >= 15 is 0 Å². The largest absolute Gasteiger partial charge is 0.481 e. The van der Waals surface area contributed by atoms with Gasteiger partial charge in [-0.3, -0.25) is 0 Å². The van der Waals surface area contributed by atoms with Crippen LogP contribution >= 0.6 is 0 Å². The molecule has 2 aromatic heterocycles. The highest BCUT2D eigenvalue weighted by Crippen LogP contribution is 2.13. The second-order valence-electron chi connectivity index (χ2n) is 4.31. The van der Waals surface area contributed by atoms with Crippen molar-refractivity contribution < 1.29 is 4.74 Å². The van der Waals surface area contributed by atoms with Crippen molar-refractivity contribution in [3.05, 3.63) is 42.1 Å². The molecule has 2 aromatic rings. The maximum Gasteiger partial charge on any atom is 0.217 e. The summed E-state index contributed by atoms with van der Waals surface area (Å²) >= 11 is 0. The van der Waals surface area contributed by atoms with Crippen LogP contribution < -0.4 is 10.1 Å². The molecular formula is C14H20N4O. The number of ether oxygens (including phenoxy) is 1. The first-order valence-corrected chi connectivity index (χ1v) is 6.53. The maximum absolute atomic E-state index is 5.22. The lowest BCUT2D eigenvalue weighted by atomic mass is 10.2. The van der Waals surface area contributed by atoms with Gasteiger partial charge in [-0.2, -0.15) is 0 Å². The van der Waals surface area contributed by atoms with Gasteiger partial charge in [0.15, 0.2) is 0 Å². The summed E-state index contributed by atoms with van der Waals surface area (Å²) in [7, 11) is 1.64. The molecule has 19 heavy (non-hydrogen) atoms. The SMILES string of the molecule is CCCn1ccnc1CNCc1cccnc1OC. The van der Waals surface area contributed by atoms with Gasteiger partial charge in [-0.05, 0) is 12.5 Å². The van der Waals surface area contributed by atoms with Gasteiger partial charge < -0.3 is 14.6 Å². The van der Waals surface area contributed by atoms with Crippen molar-refractivity contribution in [2.75, 3.05) is 7.11 Å². The molecule has 5 heteroatoms. The first kappa shape index (κ1) is 13.5. The number of rotatable bonds is 7. The second kappa shape index (κ2) is 6.89. The molecule has 0 aliphatic rings. The number of methoxy groups -OCH3 is 1. The van der Waals surface area contributed by atoms with Gasteiger partial charge in [0.25, 0.3) is 0 Å². The molecule has 0 atom stereocenters. The van der Waals surface area contributed by atoms with Gasteiger partial charge in [0, 0.05) is 37.2 Å². The van der Waals surface area contributed by atoms with Gasteiger partial charge >= 0.3 is 0 Å². The quantitative estimate of drug-likeness (QED) is 0.827. The number of nitrogens with zero attached hydrogens (tertiary/aromatic N) is 3. The fourth-order valence-corrected chi connectivity index (χ4v) is 2.00. The molecule has 0 fully saturated rings. The predicted octanol–water partition coefficient (Wildman–Crippen LogP) is 1.99. The minimum atomic E-state index is 0.673. The zero-order valence-electron chi connectivity index (χ0n) is 11.5. The smallest absolute Gasteiger partial charge is 0.217 e. The molecule has 0 spiro atoms. The van der Waals surface area contributed by atoms with E-state index < -0.39 is 0 Å². The standard InChI is InChI=1S/C14H20N4O/c1-3-8-18-9-7-16-13(18)11-15-10-12-5-4-6-17-14(12)19-2/h4-7,9,15H,3,8,10-11H2,1-2H3. The third kappa shape index (κ3) is 3.54. The van der Waals surface area contributed by atoms with Gasteiger partial charge in [-0.25, -0.2) is 9.97 Å². The summed E-state index contributed by atoms with van der Waals surface area (Å²) in [5.41, 5.74) is 1.05. The van der Waals surface area contributed by atoms with E-state index in [1.807, 2.05) is 24.5 Å². The Balaban J connectivity index is 1.91. The Bertz CT molecular complexity index is 510. The molecule has 102 valence electrons. The summed E-state index contributed by atoms with van der Waals surface area (Å²) < 4.78 is 7.40. The number of aromatic nitrogens is 3. The van der Waals surface area contributed by atoms with Crippen LogP contribution in [-0.4, -0.2) is 21.6 Å². The van der Waals surface area contributed by atoms with Gasteiger partial charge in [0.05, 0.1) is 13.7 Å². The van der Waals surface area contributed by atoms with E-state index in [1.165, 1.54) is 0 Å². The average molecular weight is 260 g/mol. The van der Waals surface area contributed by atoms with Crippen molar-refractivity contribution in [1.29, 1.82) is 0 Å². The molecule has 5 nitrogen and oxygen atoms in total. The summed E-state index contributed by atoms with van der Waals surface area (Å²) in [6, 6.07) is 3.93. The normalized spacial score (nSPS) is 10.6. The van der Waals surface area contributed by atoms with Crippen molar-refractivity contribution in [3.63, 3.8) is 0 Å². The van der Waals surface area contributed by atoms with Crippen LogP contribution in [0.2, 0.25) is 0 Å². The van der Waals surface area contributed by atoms with Gasteiger partial charge in [-0.15, -0.1) is 0 Å². The third-order valence-corrected chi connectivity index (χ3v) is 2.91. The third-order valence-electron chi connectivity index (χ3n) is 2.91. The Labute approximate surface area is 113 Å². The predicted molar refractivity (Wildman–Crippen MR) is 73.9 cm³/mol. The lowest BCUT2D eigenvalue weighted by Gasteiger charge is -2.09. The van der Waals surface area contributed by atoms with Crippen molar-refractivity contribution >= 4 is 0 Å². The van der Waals surface area contributed by atoms with Crippen LogP contribution in [0.4, 0.5) is 0 Å². The number of hydrogen-bond acceptors (Lipinski definition) is 4. The van der Waals surface area contributed by atoms with Crippen LogP contribution in [0.25, 0.3) is 0 Å². The molecule has 0 aliphatic heterocycles. The van der Waals surface area contributed by atoms with Crippen molar-refractivity contribution in [2.45, 2.75) is 33.0 Å². The summed E-state index contributed by atoms with van der Waals surface area (Å²) in [5, 5.41) is 3.37. The highest BCUT2D eigenvalue weighted by Gasteiger charge is 2.04. The van der Waals surface area contributed by atoms with E-state index in [1.54, 1.807) is 13.3 Å². The number of imidazole rings is 1. The minimum Gasteiger partial charge on any atom is -0.481 e. The molecule has 0 saturated heterocycles. The molecule has 0 unspecified atom stereocenters. The topological polar surface area (TPSA) is 52.0 Å². The minimum absolute atomic E-state index is 0.673. The molecule has 0 aromatic carbocycles. The molecule has 0 aliphatic carbocycles. The number of pyridine rings is 1. The Hall–Kier alpha value is -1.88.